The Morgan fingerprint density at radius 2 is 1.04 bits per heavy atom. The minimum atomic E-state index is -0.881. The first kappa shape index (κ1) is 18.8. The zero-order chi connectivity index (χ0) is 19.9. The minimum Gasteiger partial charge on any atom is -0.461 e. The second-order valence-electron chi connectivity index (χ2n) is 9.54. The van der Waals surface area contributed by atoms with E-state index in [0.29, 0.717) is 12.8 Å². The van der Waals surface area contributed by atoms with Crippen molar-refractivity contribution in [1.82, 2.24) is 0 Å². The number of epoxide rings is 4. The predicted octanol–water partition coefficient (Wildman–Crippen LogP) is 1.28. The SMILES string of the molecule is C[C@@]12CC[C@H]3O[C@]3(C)C(=O)OC[C@H]3O[C@@]3(C)CC[C@@H]3O[C@@]3(C)C(=O)OC[C@@H]1O2. The number of fused-ring (bicyclic) bond motifs is 4. The third-order valence-electron chi connectivity index (χ3n) is 7.31. The highest BCUT2D eigenvalue weighted by Gasteiger charge is 2.64. The van der Waals surface area contributed by atoms with Gasteiger partial charge in [0.05, 0.1) is 23.4 Å². The number of esters is 2. The maximum absolute atomic E-state index is 12.4. The molecule has 8 atom stereocenters. The predicted molar refractivity (Wildman–Crippen MR) is 93.5 cm³/mol. The highest BCUT2D eigenvalue weighted by Crippen LogP contribution is 2.49. The van der Waals surface area contributed by atoms with E-state index < -0.39 is 11.2 Å². The van der Waals surface area contributed by atoms with E-state index in [1.807, 2.05) is 13.8 Å². The smallest absolute Gasteiger partial charge is 0.340 e. The van der Waals surface area contributed by atoms with Crippen molar-refractivity contribution in [3.63, 3.8) is 0 Å². The van der Waals surface area contributed by atoms with Gasteiger partial charge in [-0.25, -0.2) is 9.59 Å². The lowest BCUT2D eigenvalue weighted by molar-refractivity contribution is -0.150. The van der Waals surface area contributed by atoms with Crippen molar-refractivity contribution >= 4 is 11.9 Å². The fraction of sp³-hybridized carbons (Fsp3) is 0.900. The van der Waals surface area contributed by atoms with Crippen molar-refractivity contribution < 1.29 is 38.0 Å². The first-order valence-electron chi connectivity index (χ1n) is 10.1. The molecule has 0 bridgehead atoms. The van der Waals surface area contributed by atoms with Crippen LogP contribution in [-0.4, -0.2) is 72.0 Å². The second kappa shape index (κ2) is 5.68. The highest BCUT2D eigenvalue weighted by molar-refractivity contribution is 5.83. The van der Waals surface area contributed by atoms with Gasteiger partial charge in [-0.05, 0) is 53.4 Å². The quantitative estimate of drug-likeness (QED) is 0.446. The largest absolute Gasteiger partial charge is 0.461 e. The fourth-order valence-corrected chi connectivity index (χ4v) is 4.42. The Balaban J connectivity index is 1.25. The van der Waals surface area contributed by atoms with E-state index in [2.05, 4.69) is 0 Å². The van der Waals surface area contributed by atoms with E-state index in [1.165, 1.54) is 0 Å². The molecule has 0 radical (unpaired) electrons. The molecule has 5 aliphatic heterocycles. The third-order valence-corrected chi connectivity index (χ3v) is 7.31. The Morgan fingerprint density at radius 3 is 1.43 bits per heavy atom. The van der Waals surface area contributed by atoms with Crippen LogP contribution >= 0.6 is 0 Å². The zero-order valence-corrected chi connectivity index (χ0v) is 16.8. The summed E-state index contributed by atoms with van der Waals surface area (Å²) in [6.07, 6.45) is 2.22. The van der Waals surface area contributed by atoms with E-state index >= 15 is 0 Å². The van der Waals surface area contributed by atoms with E-state index in [0.717, 1.165) is 12.8 Å². The molecule has 5 saturated heterocycles. The summed E-state index contributed by atoms with van der Waals surface area (Å²) >= 11 is 0. The van der Waals surface area contributed by atoms with Crippen LogP contribution in [0.5, 0.6) is 0 Å². The van der Waals surface area contributed by atoms with E-state index in [-0.39, 0.29) is 60.8 Å². The zero-order valence-electron chi connectivity index (χ0n) is 16.8. The Hall–Kier alpha value is -1.22. The van der Waals surface area contributed by atoms with Crippen molar-refractivity contribution in [1.29, 1.82) is 0 Å². The van der Waals surface area contributed by atoms with E-state index in [9.17, 15) is 9.59 Å². The van der Waals surface area contributed by atoms with Crippen LogP contribution in [-0.2, 0) is 38.0 Å². The second-order valence-corrected chi connectivity index (χ2v) is 9.54. The molecule has 8 heteroatoms. The molecule has 8 nitrogen and oxygen atoms in total. The average Bonchev–Trinajstić information content (AvgIpc) is 3.55. The van der Waals surface area contributed by atoms with Crippen LogP contribution in [0.15, 0.2) is 0 Å². The van der Waals surface area contributed by atoms with Gasteiger partial charge in [0.15, 0.2) is 11.2 Å². The van der Waals surface area contributed by atoms with E-state index in [4.69, 9.17) is 28.4 Å². The average molecular weight is 396 g/mol. The van der Waals surface area contributed by atoms with E-state index in [1.54, 1.807) is 13.8 Å². The van der Waals surface area contributed by atoms with Crippen LogP contribution in [0.4, 0.5) is 0 Å². The van der Waals surface area contributed by atoms with Crippen LogP contribution in [0.1, 0.15) is 53.4 Å². The van der Waals surface area contributed by atoms with Crippen LogP contribution in [0.2, 0.25) is 0 Å². The van der Waals surface area contributed by atoms with Crippen LogP contribution < -0.4 is 0 Å². The molecule has 5 rings (SSSR count). The molecular formula is C20H28O8. The summed E-state index contributed by atoms with van der Waals surface area (Å²) in [5, 5.41) is 0. The maximum Gasteiger partial charge on any atom is 0.340 e. The molecule has 156 valence electrons. The molecule has 0 amide bonds. The van der Waals surface area contributed by atoms with Gasteiger partial charge in [0, 0.05) is 0 Å². The summed E-state index contributed by atoms with van der Waals surface area (Å²) in [4.78, 5) is 24.9. The van der Waals surface area contributed by atoms with Gasteiger partial charge in [-0.3, -0.25) is 0 Å². The number of cyclic esters (lactones) is 2. The van der Waals surface area contributed by atoms with Gasteiger partial charge >= 0.3 is 11.9 Å². The monoisotopic (exact) mass is 396 g/mol. The minimum absolute atomic E-state index is 0.132. The van der Waals surface area contributed by atoms with Gasteiger partial charge in [0.2, 0.25) is 0 Å². The normalized spacial score (nSPS) is 55.7. The molecule has 0 unspecified atom stereocenters. The third kappa shape index (κ3) is 2.96. The van der Waals surface area contributed by atoms with Crippen LogP contribution in [0.25, 0.3) is 0 Å². The van der Waals surface area contributed by atoms with Crippen molar-refractivity contribution in [2.45, 2.75) is 100 Å². The summed E-state index contributed by atoms with van der Waals surface area (Å²) in [7, 11) is 0. The highest BCUT2D eigenvalue weighted by atomic mass is 16.7. The number of ether oxygens (including phenoxy) is 6. The molecule has 0 N–H and O–H groups in total. The molecule has 5 aliphatic rings. The molecule has 5 heterocycles. The molecule has 0 aliphatic carbocycles. The first-order chi connectivity index (χ1) is 13.1. The Morgan fingerprint density at radius 1 is 0.643 bits per heavy atom. The van der Waals surface area contributed by atoms with Crippen molar-refractivity contribution in [3.8, 4) is 0 Å². The summed E-state index contributed by atoms with van der Waals surface area (Å²) in [5.74, 6) is -0.663. The molecule has 0 aromatic heterocycles. The van der Waals surface area contributed by atoms with Gasteiger partial charge in [-0.1, -0.05) is 0 Å². The number of carbonyl (C=O) groups is 2. The Labute approximate surface area is 164 Å². The Kier molecular flexibility index (Phi) is 3.81. The van der Waals surface area contributed by atoms with Gasteiger partial charge < -0.3 is 28.4 Å². The molecule has 0 aromatic rings. The molecule has 0 spiro atoms. The molecule has 28 heavy (non-hydrogen) atoms. The lowest BCUT2D eigenvalue weighted by atomic mass is 9.95. The Bertz CT molecular complexity index is 665. The molecule has 0 aromatic carbocycles. The number of hydrogen-bond acceptors (Lipinski definition) is 8. The lowest BCUT2D eigenvalue weighted by Gasteiger charge is -2.11. The standard InChI is InChI=1S/C20H28O8/c1-17-7-5-11-19(3,27-11)16(22)24-10-14-18(2,26-14)8-6-12-20(4,28-12)15(21)23-9-13(17)25-17/h11-14H,5-10H2,1-4H3/t11-,12+,13+,14-,17-,18+,19+,20-. The van der Waals surface area contributed by atoms with Gasteiger partial charge in [-0.15, -0.1) is 0 Å². The van der Waals surface area contributed by atoms with Gasteiger partial charge in [0.25, 0.3) is 0 Å². The first-order valence-corrected chi connectivity index (χ1v) is 10.1. The molecule has 0 saturated carbocycles. The number of rotatable bonds is 0. The van der Waals surface area contributed by atoms with Crippen molar-refractivity contribution in [2.75, 3.05) is 13.2 Å². The number of carbonyl (C=O) groups excluding carboxylic acids is 2. The topological polar surface area (TPSA) is 103 Å². The van der Waals surface area contributed by atoms with Crippen molar-refractivity contribution in [3.05, 3.63) is 0 Å². The van der Waals surface area contributed by atoms with Gasteiger partial charge in [0.1, 0.15) is 25.4 Å². The van der Waals surface area contributed by atoms with Gasteiger partial charge in [-0.2, -0.15) is 0 Å². The van der Waals surface area contributed by atoms with Crippen LogP contribution in [0.3, 0.4) is 0 Å². The molecule has 5 fully saturated rings. The fourth-order valence-electron chi connectivity index (χ4n) is 4.42. The summed E-state index contributed by atoms with van der Waals surface area (Å²) < 4.78 is 33.7. The maximum atomic E-state index is 12.4. The number of hydrogen-bond donors (Lipinski definition) is 0. The summed E-state index contributed by atoms with van der Waals surface area (Å²) in [6, 6.07) is 0. The summed E-state index contributed by atoms with van der Waals surface area (Å²) in [5.41, 5.74) is -2.46. The lowest BCUT2D eigenvalue weighted by Crippen LogP contribution is -2.30. The van der Waals surface area contributed by atoms with Crippen LogP contribution in [0, 0.1) is 0 Å². The molecular weight excluding hydrogens is 368 g/mol. The summed E-state index contributed by atoms with van der Waals surface area (Å²) in [6.45, 7) is 7.96. The van der Waals surface area contributed by atoms with Crippen molar-refractivity contribution in [2.24, 2.45) is 0 Å².